The molecule has 1 aromatic heterocycles. The van der Waals surface area contributed by atoms with Gasteiger partial charge >= 0.3 is 0 Å². The summed E-state index contributed by atoms with van der Waals surface area (Å²) in [4.78, 5) is 51.8. The van der Waals surface area contributed by atoms with E-state index < -0.39 is 38.7 Å². The number of primary sulfonamides is 1. The highest BCUT2D eigenvalue weighted by molar-refractivity contribution is 7.89. The highest BCUT2D eigenvalue weighted by Gasteiger charge is 2.45. The average molecular weight is 498 g/mol. The van der Waals surface area contributed by atoms with Crippen LogP contribution >= 0.6 is 0 Å². The second-order valence-corrected chi connectivity index (χ2v) is 9.21. The van der Waals surface area contributed by atoms with E-state index in [1.807, 2.05) is 0 Å². The molecule has 180 valence electrons. The van der Waals surface area contributed by atoms with Gasteiger partial charge in [-0.25, -0.2) is 18.5 Å². The second kappa shape index (κ2) is 9.12. The number of nitrogens with two attached hydrogens (primary N) is 1. The van der Waals surface area contributed by atoms with Crippen molar-refractivity contribution in [2.75, 3.05) is 4.90 Å². The number of hydrogen-bond donors (Lipinski definition) is 1. The van der Waals surface area contributed by atoms with E-state index in [9.17, 15) is 32.9 Å². The first-order chi connectivity index (χ1) is 16.6. The van der Waals surface area contributed by atoms with E-state index in [1.54, 1.807) is 12.1 Å². The van der Waals surface area contributed by atoms with Crippen LogP contribution in [-0.4, -0.2) is 42.0 Å². The van der Waals surface area contributed by atoms with Crippen LogP contribution in [0, 0.1) is 10.1 Å². The largest absolute Gasteiger partial charge is 0.467 e. The first-order valence-corrected chi connectivity index (χ1v) is 11.7. The normalized spacial score (nSPS) is 15.9. The SMILES string of the molecule is NS(=O)(=O)c1ccc(N2C(=O)CC(N(Cc3ccco3)C(=O)c3cccc([N+](=O)[O-])c3)C2=O)cc1. The molecular formula is C22H18N4O8S. The molecular weight excluding hydrogens is 480 g/mol. The summed E-state index contributed by atoms with van der Waals surface area (Å²) >= 11 is 0. The molecule has 0 radical (unpaired) electrons. The Balaban J connectivity index is 1.68. The van der Waals surface area contributed by atoms with Crippen LogP contribution in [0.4, 0.5) is 11.4 Å². The zero-order valence-corrected chi connectivity index (χ0v) is 18.8. The van der Waals surface area contributed by atoms with Crippen molar-refractivity contribution in [3.63, 3.8) is 0 Å². The van der Waals surface area contributed by atoms with Gasteiger partial charge in [0.15, 0.2) is 0 Å². The summed E-state index contributed by atoms with van der Waals surface area (Å²) in [7, 11) is -3.97. The lowest BCUT2D eigenvalue weighted by Crippen LogP contribution is -2.45. The number of hydrogen-bond acceptors (Lipinski definition) is 8. The molecule has 2 aromatic carbocycles. The van der Waals surface area contributed by atoms with Gasteiger partial charge in [0.1, 0.15) is 11.8 Å². The van der Waals surface area contributed by atoms with E-state index in [1.165, 1.54) is 36.6 Å². The molecule has 3 aromatic rings. The first-order valence-electron chi connectivity index (χ1n) is 10.1. The molecule has 1 fully saturated rings. The molecule has 0 bridgehead atoms. The van der Waals surface area contributed by atoms with E-state index in [2.05, 4.69) is 0 Å². The lowest BCUT2D eigenvalue weighted by Gasteiger charge is -2.27. The summed E-state index contributed by atoms with van der Waals surface area (Å²) in [5, 5.41) is 16.2. The highest BCUT2D eigenvalue weighted by atomic mass is 32.2. The Bertz CT molecular complexity index is 1420. The van der Waals surface area contributed by atoms with Crippen molar-refractivity contribution in [1.29, 1.82) is 0 Å². The van der Waals surface area contributed by atoms with Crippen molar-refractivity contribution < 1.29 is 32.1 Å². The Kier molecular flexibility index (Phi) is 6.20. The summed E-state index contributed by atoms with van der Waals surface area (Å²) in [5.74, 6) is -1.70. The number of nitro benzene ring substituents is 1. The Morgan fingerprint density at radius 1 is 1.14 bits per heavy atom. The minimum Gasteiger partial charge on any atom is -0.467 e. The van der Waals surface area contributed by atoms with Crippen LogP contribution in [0.25, 0.3) is 0 Å². The number of non-ortho nitro benzene ring substituents is 1. The maximum Gasteiger partial charge on any atom is 0.270 e. The fourth-order valence-corrected chi connectivity index (χ4v) is 4.24. The van der Waals surface area contributed by atoms with Gasteiger partial charge in [-0.1, -0.05) is 6.07 Å². The number of carbonyl (C=O) groups excluding carboxylic acids is 3. The molecule has 0 spiro atoms. The fraction of sp³-hybridized carbons (Fsp3) is 0.136. The van der Waals surface area contributed by atoms with E-state index in [4.69, 9.17) is 9.56 Å². The Morgan fingerprint density at radius 2 is 1.86 bits per heavy atom. The monoisotopic (exact) mass is 498 g/mol. The molecule has 1 unspecified atom stereocenters. The molecule has 1 saturated heterocycles. The predicted octanol–water partition coefficient (Wildman–Crippen LogP) is 1.81. The van der Waals surface area contributed by atoms with Gasteiger partial charge in [0, 0.05) is 17.7 Å². The number of anilines is 1. The summed E-state index contributed by atoms with van der Waals surface area (Å²) in [6.07, 6.45) is 1.03. The van der Waals surface area contributed by atoms with Gasteiger partial charge < -0.3 is 9.32 Å². The zero-order chi connectivity index (χ0) is 25.3. The molecule has 35 heavy (non-hydrogen) atoms. The van der Waals surface area contributed by atoms with Gasteiger partial charge in [0.2, 0.25) is 15.9 Å². The van der Waals surface area contributed by atoms with Crippen molar-refractivity contribution in [1.82, 2.24) is 4.90 Å². The predicted molar refractivity (Wildman–Crippen MR) is 120 cm³/mol. The van der Waals surface area contributed by atoms with Crippen molar-refractivity contribution in [2.45, 2.75) is 23.9 Å². The molecule has 2 heterocycles. The number of furan rings is 1. The van der Waals surface area contributed by atoms with Gasteiger partial charge in [-0.15, -0.1) is 0 Å². The number of sulfonamides is 1. The quantitative estimate of drug-likeness (QED) is 0.291. The molecule has 3 amide bonds. The smallest absolute Gasteiger partial charge is 0.270 e. The van der Waals surface area contributed by atoms with Crippen molar-refractivity contribution >= 4 is 39.1 Å². The molecule has 13 heteroatoms. The van der Waals surface area contributed by atoms with E-state index in [0.29, 0.717) is 5.76 Å². The lowest BCUT2D eigenvalue weighted by molar-refractivity contribution is -0.384. The van der Waals surface area contributed by atoms with Gasteiger partial charge in [0.25, 0.3) is 17.5 Å². The van der Waals surface area contributed by atoms with Gasteiger partial charge in [-0.3, -0.25) is 24.5 Å². The van der Waals surface area contributed by atoms with Gasteiger partial charge in [-0.2, -0.15) is 0 Å². The summed E-state index contributed by atoms with van der Waals surface area (Å²) in [5.41, 5.74) is -0.239. The summed E-state index contributed by atoms with van der Waals surface area (Å²) < 4.78 is 28.3. The molecule has 4 rings (SSSR count). The molecule has 0 aliphatic carbocycles. The van der Waals surface area contributed by atoms with Crippen LogP contribution in [0.15, 0.2) is 76.2 Å². The summed E-state index contributed by atoms with van der Waals surface area (Å²) in [6, 6.07) is 11.8. The van der Waals surface area contributed by atoms with Crippen LogP contribution in [0.5, 0.6) is 0 Å². The molecule has 1 aliphatic rings. The summed E-state index contributed by atoms with van der Waals surface area (Å²) in [6.45, 7) is -0.170. The van der Waals surface area contributed by atoms with Gasteiger partial charge in [0.05, 0.1) is 34.7 Å². The topological polar surface area (TPSA) is 174 Å². The van der Waals surface area contributed by atoms with Crippen molar-refractivity contribution in [2.24, 2.45) is 5.14 Å². The highest BCUT2D eigenvalue weighted by Crippen LogP contribution is 2.29. The van der Waals surface area contributed by atoms with Crippen molar-refractivity contribution in [3.8, 4) is 0 Å². The Morgan fingerprint density at radius 3 is 2.46 bits per heavy atom. The Hall–Kier alpha value is -4.36. The zero-order valence-electron chi connectivity index (χ0n) is 17.9. The Labute approximate surface area is 198 Å². The van der Waals surface area contributed by atoms with Gasteiger partial charge in [-0.05, 0) is 42.5 Å². The number of benzene rings is 2. The number of imide groups is 1. The third kappa shape index (κ3) is 4.81. The molecule has 2 N–H and O–H groups in total. The van der Waals surface area contributed by atoms with Crippen LogP contribution in [-0.2, 0) is 26.2 Å². The van der Waals surface area contributed by atoms with Crippen LogP contribution in [0.1, 0.15) is 22.5 Å². The number of amides is 3. The maximum atomic E-state index is 13.4. The van der Waals surface area contributed by atoms with E-state index in [0.717, 1.165) is 28.0 Å². The second-order valence-electron chi connectivity index (χ2n) is 7.65. The van der Waals surface area contributed by atoms with Crippen molar-refractivity contribution in [3.05, 3.63) is 88.4 Å². The molecule has 12 nitrogen and oxygen atoms in total. The lowest BCUT2D eigenvalue weighted by atomic mass is 10.1. The number of rotatable bonds is 7. The van der Waals surface area contributed by atoms with Crippen LogP contribution < -0.4 is 10.0 Å². The molecule has 0 saturated carbocycles. The maximum absolute atomic E-state index is 13.4. The minimum atomic E-state index is -3.97. The van der Waals surface area contributed by atoms with Crippen LogP contribution in [0.2, 0.25) is 0 Å². The minimum absolute atomic E-state index is 0.0399. The first kappa shape index (κ1) is 23.8. The third-order valence-corrected chi connectivity index (χ3v) is 6.32. The van der Waals surface area contributed by atoms with E-state index in [-0.39, 0.29) is 34.8 Å². The third-order valence-electron chi connectivity index (χ3n) is 5.39. The number of carbonyl (C=O) groups is 3. The number of nitrogens with zero attached hydrogens (tertiary/aromatic N) is 3. The average Bonchev–Trinajstić information content (AvgIpc) is 3.44. The standard InChI is InChI=1S/C22H18N4O8S/c23-35(32,33)18-8-6-15(7-9-18)25-20(27)12-19(22(25)29)24(13-17-5-2-10-34-17)21(28)14-3-1-4-16(11-14)26(30)31/h1-11,19H,12-13H2,(H2,23,32,33). The van der Waals surface area contributed by atoms with E-state index >= 15 is 0 Å². The number of nitro groups is 1. The molecule has 1 aliphatic heterocycles. The molecule has 1 atom stereocenters. The van der Waals surface area contributed by atoms with Crippen LogP contribution in [0.3, 0.4) is 0 Å². The fourth-order valence-electron chi connectivity index (χ4n) is 3.73.